The van der Waals surface area contributed by atoms with Gasteiger partial charge < -0.3 is 4.98 Å². The van der Waals surface area contributed by atoms with Crippen LogP contribution in [-0.4, -0.2) is 11.5 Å². The predicted octanol–water partition coefficient (Wildman–Crippen LogP) is 1.36. The highest BCUT2D eigenvalue weighted by Crippen LogP contribution is 2.14. The van der Waals surface area contributed by atoms with Crippen molar-refractivity contribution in [3.8, 4) is 0 Å². The molecule has 1 aliphatic heterocycles. The van der Waals surface area contributed by atoms with Gasteiger partial charge in [-0.25, -0.2) is 0 Å². The molecule has 0 unspecified atom stereocenters. The molecule has 0 aromatic carbocycles. The number of hydrogen-bond acceptors (Lipinski definition) is 0. The second-order valence-corrected chi connectivity index (χ2v) is 2.34. The van der Waals surface area contributed by atoms with Gasteiger partial charge in [0.05, 0.1) is 11.4 Å². The maximum absolute atomic E-state index is 4.31. The Bertz CT molecular complexity index is 234. The van der Waals surface area contributed by atoms with Crippen molar-refractivity contribution in [2.24, 2.45) is 0 Å². The first kappa shape index (κ1) is 5.59. The second-order valence-electron chi connectivity index (χ2n) is 2.34. The number of aromatic amines is 1. The molecular weight excluding hydrogens is 124 g/mol. The Kier molecular flexibility index (Phi) is 1.24. The molecule has 0 bridgehead atoms. The summed E-state index contributed by atoms with van der Waals surface area (Å²) in [5, 5.41) is 4.31. The van der Waals surface area contributed by atoms with E-state index >= 15 is 0 Å². The van der Waals surface area contributed by atoms with E-state index < -0.39 is 0 Å². The van der Waals surface area contributed by atoms with E-state index in [4.69, 9.17) is 0 Å². The van der Waals surface area contributed by atoms with E-state index in [1.807, 2.05) is 18.3 Å². The number of nitrogens with one attached hydrogen (secondary N) is 1. The Morgan fingerprint density at radius 2 is 2.50 bits per heavy atom. The fraction of sp³-hybridized carbons (Fsp3) is 0.250. The summed E-state index contributed by atoms with van der Waals surface area (Å²) in [4.78, 5) is 3.12. The number of rotatable bonds is 1. The van der Waals surface area contributed by atoms with Gasteiger partial charge in [-0.2, -0.15) is 0 Å². The average Bonchev–Trinajstić information content (AvgIpc) is 2.59. The van der Waals surface area contributed by atoms with Crippen molar-refractivity contribution in [2.75, 3.05) is 6.54 Å². The molecule has 1 aromatic heterocycles. The minimum absolute atomic E-state index is 0.953. The highest BCUT2D eigenvalue weighted by molar-refractivity contribution is 5.62. The minimum Gasteiger partial charge on any atom is -0.360 e. The molecule has 1 N–H and O–H groups in total. The average molecular weight is 133 g/mol. The predicted molar refractivity (Wildman–Crippen MR) is 40.4 cm³/mol. The lowest BCUT2D eigenvalue weighted by atomic mass is 10.3. The standard InChI is InChI=1S/C8H9N2/c1-3-7(9-5-1)8-4-2-6-10-8/h1,3-5,9H,2,6H2. The van der Waals surface area contributed by atoms with Crippen molar-refractivity contribution in [1.82, 2.24) is 10.3 Å². The molecule has 2 heterocycles. The lowest BCUT2D eigenvalue weighted by molar-refractivity contribution is 0.909. The summed E-state index contributed by atoms with van der Waals surface area (Å²) >= 11 is 0. The Morgan fingerprint density at radius 3 is 3.10 bits per heavy atom. The number of nitrogens with zero attached hydrogens (tertiary/aromatic N) is 1. The zero-order valence-corrected chi connectivity index (χ0v) is 5.67. The molecule has 2 nitrogen and oxygen atoms in total. The van der Waals surface area contributed by atoms with Gasteiger partial charge in [-0.15, -0.1) is 0 Å². The van der Waals surface area contributed by atoms with E-state index in [9.17, 15) is 0 Å². The van der Waals surface area contributed by atoms with E-state index in [2.05, 4.69) is 16.4 Å². The summed E-state index contributed by atoms with van der Waals surface area (Å²) in [7, 11) is 0. The normalized spacial score (nSPS) is 16.6. The highest BCUT2D eigenvalue weighted by atomic mass is 14.9. The summed E-state index contributed by atoms with van der Waals surface area (Å²) in [5.74, 6) is 0. The zero-order chi connectivity index (χ0) is 6.81. The Labute approximate surface area is 60.0 Å². The van der Waals surface area contributed by atoms with Crippen molar-refractivity contribution in [3.05, 3.63) is 30.1 Å². The largest absolute Gasteiger partial charge is 0.360 e. The minimum atomic E-state index is 0.953. The monoisotopic (exact) mass is 133 g/mol. The first-order valence-electron chi connectivity index (χ1n) is 3.48. The maximum atomic E-state index is 4.31. The Morgan fingerprint density at radius 1 is 1.50 bits per heavy atom. The molecule has 10 heavy (non-hydrogen) atoms. The summed E-state index contributed by atoms with van der Waals surface area (Å²) in [6.07, 6.45) is 5.17. The zero-order valence-electron chi connectivity index (χ0n) is 5.67. The molecule has 0 fully saturated rings. The molecule has 0 aliphatic carbocycles. The fourth-order valence-electron chi connectivity index (χ4n) is 1.14. The van der Waals surface area contributed by atoms with Crippen molar-refractivity contribution >= 4 is 5.70 Å². The first-order chi connectivity index (χ1) is 4.97. The van der Waals surface area contributed by atoms with E-state index in [-0.39, 0.29) is 0 Å². The van der Waals surface area contributed by atoms with Gasteiger partial charge in [0.1, 0.15) is 0 Å². The van der Waals surface area contributed by atoms with E-state index in [0.717, 1.165) is 24.4 Å². The molecule has 1 aromatic rings. The first-order valence-corrected chi connectivity index (χ1v) is 3.48. The van der Waals surface area contributed by atoms with Crippen LogP contribution < -0.4 is 5.32 Å². The Hall–Kier alpha value is -1.18. The third-order valence-electron chi connectivity index (χ3n) is 1.62. The van der Waals surface area contributed by atoms with Crippen molar-refractivity contribution in [3.63, 3.8) is 0 Å². The molecule has 0 saturated carbocycles. The molecule has 2 heteroatoms. The lowest BCUT2D eigenvalue weighted by Crippen LogP contribution is -1.96. The number of hydrogen-bond donors (Lipinski definition) is 1. The van der Waals surface area contributed by atoms with Crippen LogP contribution in [0.15, 0.2) is 24.4 Å². The molecule has 2 rings (SSSR count). The summed E-state index contributed by atoms with van der Waals surface area (Å²) in [6, 6.07) is 4.03. The van der Waals surface area contributed by atoms with Crippen molar-refractivity contribution in [2.45, 2.75) is 6.42 Å². The van der Waals surface area contributed by atoms with Gasteiger partial charge in [0.15, 0.2) is 0 Å². The van der Waals surface area contributed by atoms with Crippen molar-refractivity contribution < 1.29 is 0 Å². The fourth-order valence-corrected chi connectivity index (χ4v) is 1.14. The quantitative estimate of drug-likeness (QED) is 0.599. The van der Waals surface area contributed by atoms with Crippen LogP contribution in [-0.2, 0) is 0 Å². The molecular formula is C8H9N2. The molecule has 0 spiro atoms. The SMILES string of the molecule is C1=C(c2ccc[nH]2)[N]CC1. The van der Waals surface area contributed by atoms with E-state index in [0.29, 0.717) is 0 Å². The third kappa shape index (κ3) is 0.817. The van der Waals surface area contributed by atoms with Gasteiger partial charge in [0, 0.05) is 12.7 Å². The van der Waals surface area contributed by atoms with Gasteiger partial charge in [0.2, 0.25) is 0 Å². The number of aromatic nitrogens is 1. The van der Waals surface area contributed by atoms with Crippen LogP contribution in [0.4, 0.5) is 0 Å². The van der Waals surface area contributed by atoms with Crippen molar-refractivity contribution in [1.29, 1.82) is 0 Å². The van der Waals surface area contributed by atoms with Crippen LogP contribution in [0.25, 0.3) is 5.70 Å². The maximum Gasteiger partial charge on any atom is 0.0769 e. The topological polar surface area (TPSA) is 29.9 Å². The number of H-pyrrole nitrogens is 1. The molecule has 1 aliphatic rings. The summed E-state index contributed by atoms with van der Waals surface area (Å²) in [6.45, 7) is 0.953. The van der Waals surface area contributed by atoms with Crippen LogP contribution in [0.2, 0.25) is 0 Å². The highest BCUT2D eigenvalue weighted by Gasteiger charge is 2.06. The van der Waals surface area contributed by atoms with Gasteiger partial charge in [-0.1, -0.05) is 6.08 Å². The molecule has 0 saturated heterocycles. The van der Waals surface area contributed by atoms with Gasteiger partial charge in [-0.05, 0) is 18.6 Å². The summed E-state index contributed by atoms with van der Waals surface area (Å²) in [5.41, 5.74) is 2.25. The lowest BCUT2D eigenvalue weighted by Gasteiger charge is -1.95. The Balaban J connectivity index is 2.28. The van der Waals surface area contributed by atoms with Gasteiger partial charge in [0.25, 0.3) is 0 Å². The second kappa shape index (κ2) is 2.21. The molecule has 1 radical (unpaired) electrons. The van der Waals surface area contributed by atoms with Crippen LogP contribution in [0.3, 0.4) is 0 Å². The van der Waals surface area contributed by atoms with Gasteiger partial charge >= 0.3 is 0 Å². The van der Waals surface area contributed by atoms with Crippen LogP contribution >= 0.6 is 0 Å². The van der Waals surface area contributed by atoms with Crippen LogP contribution in [0.5, 0.6) is 0 Å². The van der Waals surface area contributed by atoms with Gasteiger partial charge in [-0.3, -0.25) is 5.32 Å². The molecule has 0 amide bonds. The van der Waals surface area contributed by atoms with Crippen LogP contribution in [0.1, 0.15) is 12.1 Å². The summed E-state index contributed by atoms with van der Waals surface area (Å²) < 4.78 is 0. The smallest absolute Gasteiger partial charge is 0.0769 e. The molecule has 51 valence electrons. The molecule has 0 atom stereocenters. The van der Waals surface area contributed by atoms with Crippen LogP contribution in [0, 0.1) is 0 Å². The van der Waals surface area contributed by atoms with E-state index in [1.165, 1.54) is 0 Å². The van der Waals surface area contributed by atoms with E-state index in [1.54, 1.807) is 0 Å². The third-order valence-corrected chi connectivity index (χ3v) is 1.62.